The fraction of sp³-hybridized carbons (Fsp3) is 0.538. The molecule has 108 valence electrons. The monoisotopic (exact) mass is 295 g/mol. The average Bonchev–Trinajstić information content (AvgIpc) is 2.92. The van der Waals surface area contributed by atoms with Gasteiger partial charge in [-0.25, -0.2) is 18.4 Å². The normalized spacial score (nSPS) is 21.6. The third-order valence-electron chi connectivity index (χ3n) is 3.69. The molecule has 1 saturated heterocycles. The first-order chi connectivity index (χ1) is 9.59. The quantitative estimate of drug-likeness (QED) is 0.882. The van der Waals surface area contributed by atoms with E-state index in [0.717, 1.165) is 17.0 Å². The van der Waals surface area contributed by atoms with E-state index in [9.17, 15) is 8.42 Å². The number of aliphatic hydroxyl groups is 1. The van der Waals surface area contributed by atoms with E-state index in [4.69, 9.17) is 5.11 Å². The van der Waals surface area contributed by atoms with Crippen LogP contribution >= 0.6 is 0 Å². The van der Waals surface area contributed by atoms with Crippen LogP contribution in [0.4, 0.5) is 0 Å². The maximum Gasteiger partial charge on any atom is 0.159 e. The number of hydrogen-bond donors (Lipinski definition) is 1. The number of aliphatic hydroxyl groups excluding tert-OH is 1. The van der Waals surface area contributed by atoms with Crippen LogP contribution in [0.25, 0.3) is 11.2 Å². The van der Waals surface area contributed by atoms with Gasteiger partial charge in [0, 0.05) is 19.2 Å². The molecule has 1 atom stereocenters. The zero-order chi connectivity index (χ0) is 14.2. The van der Waals surface area contributed by atoms with Crippen LogP contribution in [0.3, 0.4) is 0 Å². The maximum absolute atomic E-state index is 11.6. The number of hydrogen-bond acceptors (Lipinski definition) is 5. The Hall–Kier alpha value is -1.47. The van der Waals surface area contributed by atoms with E-state index >= 15 is 0 Å². The maximum atomic E-state index is 11.6. The summed E-state index contributed by atoms with van der Waals surface area (Å²) in [6, 6.07) is 3.70. The number of nitrogens with zero attached hydrogens (tertiary/aromatic N) is 3. The van der Waals surface area contributed by atoms with Gasteiger partial charge in [-0.15, -0.1) is 0 Å². The number of pyridine rings is 1. The Labute approximate surface area is 117 Å². The first kappa shape index (κ1) is 13.5. The van der Waals surface area contributed by atoms with Crippen LogP contribution in [0.2, 0.25) is 0 Å². The molecule has 1 aliphatic heterocycles. The largest absolute Gasteiger partial charge is 0.396 e. The van der Waals surface area contributed by atoms with Crippen molar-refractivity contribution < 1.29 is 13.5 Å². The van der Waals surface area contributed by atoms with E-state index in [2.05, 4.69) is 9.97 Å². The van der Waals surface area contributed by atoms with E-state index in [1.54, 1.807) is 6.20 Å². The summed E-state index contributed by atoms with van der Waals surface area (Å²) in [5, 5.41) is 9.14. The van der Waals surface area contributed by atoms with E-state index in [0.29, 0.717) is 19.4 Å². The average molecular weight is 295 g/mol. The molecule has 0 saturated carbocycles. The number of aromatic nitrogens is 3. The number of sulfone groups is 1. The van der Waals surface area contributed by atoms with E-state index in [-0.39, 0.29) is 24.0 Å². The lowest BCUT2D eigenvalue weighted by Gasteiger charge is -2.12. The van der Waals surface area contributed by atoms with Crippen molar-refractivity contribution >= 4 is 21.0 Å². The first-order valence-corrected chi connectivity index (χ1v) is 8.52. The molecule has 0 bridgehead atoms. The number of fused-ring (bicyclic) bond motifs is 1. The van der Waals surface area contributed by atoms with Crippen molar-refractivity contribution in [1.82, 2.24) is 14.5 Å². The third-order valence-corrected chi connectivity index (χ3v) is 5.52. The second kappa shape index (κ2) is 5.14. The Morgan fingerprint density at radius 1 is 1.45 bits per heavy atom. The van der Waals surface area contributed by atoms with Gasteiger partial charge < -0.3 is 9.67 Å². The zero-order valence-electron chi connectivity index (χ0n) is 11.1. The SMILES string of the molecule is O=S1(=O)CCC(Cn2c(CCO)nc3cccnc32)C1. The van der Waals surface area contributed by atoms with Crippen molar-refractivity contribution in [3.63, 3.8) is 0 Å². The predicted molar refractivity (Wildman–Crippen MR) is 75.1 cm³/mol. The van der Waals surface area contributed by atoms with Crippen LogP contribution < -0.4 is 0 Å². The zero-order valence-corrected chi connectivity index (χ0v) is 11.9. The summed E-state index contributed by atoms with van der Waals surface area (Å²) in [6.07, 6.45) is 2.85. The summed E-state index contributed by atoms with van der Waals surface area (Å²) >= 11 is 0. The molecule has 0 aliphatic carbocycles. The lowest BCUT2D eigenvalue weighted by atomic mass is 10.1. The Kier molecular flexibility index (Phi) is 3.47. The van der Waals surface area contributed by atoms with Gasteiger partial charge in [0.25, 0.3) is 0 Å². The fourth-order valence-electron chi connectivity index (χ4n) is 2.76. The molecule has 3 rings (SSSR count). The highest BCUT2D eigenvalue weighted by atomic mass is 32.2. The molecule has 2 aromatic heterocycles. The molecule has 7 heteroatoms. The van der Waals surface area contributed by atoms with Crippen LogP contribution in [-0.4, -0.2) is 46.2 Å². The topological polar surface area (TPSA) is 85.1 Å². The highest BCUT2D eigenvalue weighted by Gasteiger charge is 2.29. The van der Waals surface area contributed by atoms with Crippen molar-refractivity contribution in [3.05, 3.63) is 24.2 Å². The minimum Gasteiger partial charge on any atom is -0.396 e. The molecule has 0 spiro atoms. The van der Waals surface area contributed by atoms with Gasteiger partial charge in [0.05, 0.1) is 18.1 Å². The minimum atomic E-state index is -2.88. The van der Waals surface area contributed by atoms with Crippen LogP contribution in [-0.2, 0) is 22.8 Å². The summed E-state index contributed by atoms with van der Waals surface area (Å²) in [5.74, 6) is 1.38. The molecule has 2 aromatic rings. The van der Waals surface area contributed by atoms with Crippen molar-refractivity contribution in [2.75, 3.05) is 18.1 Å². The molecule has 1 fully saturated rings. The Morgan fingerprint density at radius 3 is 3.00 bits per heavy atom. The standard InChI is InChI=1S/C13H17N3O3S/c17-6-3-12-15-11-2-1-5-14-13(11)16(12)8-10-4-7-20(18,19)9-10/h1-2,5,10,17H,3-4,6-9H2. The van der Waals surface area contributed by atoms with Crippen molar-refractivity contribution in [1.29, 1.82) is 0 Å². The van der Waals surface area contributed by atoms with Crippen LogP contribution in [0.1, 0.15) is 12.2 Å². The van der Waals surface area contributed by atoms with Crippen molar-refractivity contribution in [3.8, 4) is 0 Å². The lowest BCUT2D eigenvalue weighted by Crippen LogP contribution is -2.15. The number of rotatable bonds is 4. The van der Waals surface area contributed by atoms with Crippen LogP contribution in [0.15, 0.2) is 18.3 Å². The first-order valence-electron chi connectivity index (χ1n) is 6.70. The fourth-order valence-corrected chi connectivity index (χ4v) is 4.61. The highest BCUT2D eigenvalue weighted by Crippen LogP contribution is 2.23. The Morgan fingerprint density at radius 2 is 2.30 bits per heavy atom. The minimum absolute atomic E-state index is 0.0201. The van der Waals surface area contributed by atoms with Gasteiger partial charge in [-0.2, -0.15) is 0 Å². The molecule has 1 N–H and O–H groups in total. The molecule has 1 unspecified atom stereocenters. The van der Waals surface area contributed by atoms with Gasteiger partial charge in [0.2, 0.25) is 0 Å². The second-order valence-electron chi connectivity index (χ2n) is 5.23. The van der Waals surface area contributed by atoms with Crippen molar-refractivity contribution in [2.24, 2.45) is 5.92 Å². The lowest BCUT2D eigenvalue weighted by molar-refractivity contribution is 0.293. The van der Waals surface area contributed by atoms with Crippen molar-refractivity contribution in [2.45, 2.75) is 19.4 Å². The molecule has 3 heterocycles. The Balaban J connectivity index is 1.95. The van der Waals surface area contributed by atoms with Gasteiger partial charge in [-0.1, -0.05) is 0 Å². The molecule has 0 radical (unpaired) electrons. The Bertz CT molecular complexity index is 724. The van der Waals surface area contributed by atoms with Crippen LogP contribution in [0, 0.1) is 5.92 Å². The van der Waals surface area contributed by atoms with E-state index in [1.165, 1.54) is 0 Å². The summed E-state index contributed by atoms with van der Waals surface area (Å²) < 4.78 is 25.1. The molecule has 1 aliphatic rings. The third kappa shape index (κ3) is 2.55. The highest BCUT2D eigenvalue weighted by molar-refractivity contribution is 7.91. The van der Waals surface area contributed by atoms with Gasteiger partial charge in [0.1, 0.15) is 11.3 Å². The number of imidazole rings is 1. The summed E-state index contributed by atoms with van der Waals surface area (Å²) in [5.41, 5.74) is 1.55. The van der Waals surface area contributed by atoms with Gasteiger partial charge in [-0.3, -0.25) is 0 Å². The second-order valence-corrected chi connectivity index (χ2v) is 7.46. The molecule has 0 amide bonds. The van der Waals surface area contributed by atoms with Crippen LogP contribution in [0.5, 0.6) is 0 Å². The predicted octanol–water partition coefficient (Wildman–Crippen LogP) is 0.401. The molecular weight excluding hydrogens is 278 g/mol. The molecule has 20 heavy (non-hydrogen) atoms. The summed E-state index contributed by atoms with van der Waals surface area (Å²) in [6.45, 7) is 0.619. The van der Waals surface area contributed by atoms with E-state index < -0.39 is 9.84 Å². The summed E-state index contributed by atoms with van der Waals surface area (Å²) in [4.78, 5) is 8.80. The van der Waals surface area contributed by atoms with Gasteiger partial charge >= 0.3 is 0 Å². The van der Waals surface area contributed by atoms with Gasteiger partial charge in [-0.05, 0) is 24.5 Å². The smallest absolute Gasteiger partial charge is 0.159 e. The van der Waals surface area contributed by atoms with E-state index in [1.807, 2.05) is 16.7 Å². The molecular formula is C13H17N3O3S. The molecule has 0 aromatic carbocycles. The van der Waals surface area contributed by atoms with Gasteiger partial charge in [0.15, 0.2) is 15.5 Å². The summed E-state index contributed by atoms with van der Waals surface area (Å²) in [7, 11) is -2.88. The molecule has 6 nitrogen and oxygen atoms in total.